The minimum absolute atomic E-state index is 0.330. The second kappa shape index (κ2) is 4.50. The van der Waals surface area contributed by atoms with Crippen molar-refractivity contribution in [3.05, 3.63) is 0 Å². The Morgan fingerprint density at radius 3 is 2.56 bits per heavy atom. The van der Waals surface area contributed by atoms with Crippen LogP contribution in [0.1, 0.15) is 26.7 Å². The monoisotopic (exact) mass is 129 g/mol. The molecule has 2 nitrogen and oxygen atoms in total. The molecule has 0 aliphatic rings. The van der Waals surface area contributed by atoms with Crippen molar-refractivity contribution in [2.24, 2.45) is 0 Å². The third-order valence-corrected chi connectivity index (χ3v) is 1.42. The Kier molecular flexibility index (Phi) is 4.32. The largest absolute Gasteiger partial charge is 0.317 e. The van der Waals surface area contributed by atoms with E-state index in [9.17, 15) is 4.79 Å². The van der Waals surface area contributed by atoms with Gasteiger partial charge in [0.15, 0.2) is 0 Å². The van der Waals surface area contributed by atoms with Crippen LogP contribution in [-0.4, -0.2) is 18.9 Å². The van der Waals surface area contributed by atoms with Crippen molar-refractivity contribution in [1.29, 1.82) is 0 Å². The predicted octanol–water partition coefficient (Wildman–Crippen LogP) is 0.964. The van der Waals surface area contributed by atoms with Gasteiger partial charge in [-0.2, -0.15) is 0 Å². The third kappa shape index (κ3) is 4.15. The molecule has 0 bridgehead atoms. The molecule has 0 rings (SSSR count). The summed E-state index contributed by atoms with van der Waals surface area (Å²) in [6.07, 6.45) is 1.32. The minimum atomic E-state index is 0.330. The maximum absolute atomic E-state index is 10.7. The molecule has 1 atom stereocenters. The Bertz CT molecular complexity index is 90.9. The molecule has 0 aromatic carbocycles. The first kappa shape index (κ1) is 8.63. The molecule has 0 radical (unpaired) electrons. The molecule has 0 amide bonds. The van der Waals surface area contributed by atoms with Gasteiger partial charge in [0.05, 0.1) is 0 Å². The molecule has 2 heteroatoms. The van der Waals surface area contributed by atoms with E-state index in [-0.39, 0.29) is 0 Å². The van der Waals surface area contributed by atoms with Crippen molar-refractivity contribution in [1.82, 2.24) is 5.32 Å². The average molecular weight is 129 g/mol. The van der Waals surface area contributed by atoms with Gasteiger partial charge in [0.25, 0.3) is 0 Å². The SMILES string of the molecule is CCC(=O)CC(C)NC. The number of carbonyl (C=O) groups is 1. The van der Waals surface area contributed by atoms with Crippen molar-refractivity contribution in [3.63, 3.8) is 0 Å². The molecule has 0 aromatic rings. The molecular formula is C7H15NO. The summed E-state index contributed by atoms with van der Waals surface area (Å²) in [6.45, 7) is 3.90. The van der Waals surface area contributed by atoms with Crippen LogP contribution in [0.25, 0.3) is 0 Å². The number of nitrogens with one attached hydrogen (secondary N) is 1. The first-order chi connectivity index (χ1) is 4.20. The molecule has 9 heavy (non-hydrogen) atoms. The van der Waals surface area contributed by atoms with Gasteiger partial charge in [-0.3, -0.25) is 4.79 Å². The van der Waals surface area contributed by atoms with E-state index in [1.54, 1.807) is 0 Å². The Balaban J connectivity index is 3.34. The summed E-state index contributed by atoms with van der Waals surface area (Å²) in [7, 11) is 1.87. The van der Waals surface area contributed by atoms with Crippen LogP contribution in [0, 0.1) is 0 Å². The van der Waals surface area contributed by atoms with E-state index in [0.29, 0.717) is 24.7 Å². The van der Waals surface area contributed by atoms with Crippen LogP contribution in [0.4, 0.5) is 0 Å². The van der Waals surface area contributed by atoms with Gasteiger partial charge >= 0.3 is 0 Å². The maximum atomic E-state index is 10.7. The Hall–Kier alpha value is -0.370. The highest BCUT2D eigenvalue weighted by atomic mass is 16.1. The van der Waals surface area contributed by atoms with E-state index < -0.39 is 0 Å². The fraction of sp³-hybridized carbons (Fsp3) is 0.857. The van der Waals surface area contributed by atoms with Gasteiger partial charge in [0, 0.05) is 18.9 Å². The number of carbonyl (C=O) groups excluding carboxylic acids is 1. The Morgan fingerprint density at radius 1 is 1.67 bits per heavy atom. The lowest BCUT2D eigenvalue weighted by Gasteiger charge is -2.06. The fourth-order valence-corrected chi connectivity index (χ4v) is 0.588. The second-order valence-electron chi connectivity index (χ2n) is 2.29. The van der Waals surface area contributed by atoms with Gasteiger partial charge in [-0.1, -0.05) is 6.92 Å². The molecule has 0 saturated heterocycles. The molecule has 0 saturated carbocycles. The summed E-state index contributed by atoms with van der Waals surface area (Å²) in [5.41, 5.74) is 0. The Morgan fingerprint density at radius 2 is 2.22 bits per heavy atom. The maximum Gasteiger partial charge on any atom is 0.134 e. The smallest absolute Gasteiger partial charge is 0.134 e. The quantitative estimate of drug-likeness (QED) is 0.612. The summed E-state index contributed by atoms with van der Waals surface area (Å²) >= 11 is 0. The third-order valence-electron chi connectivity index (χ3n) is 1.42. The summed E-state index contributed by atoms with van der Waals surface area (Å²) in [4.78, 5) is 10.7. The molecule has 0 aliphatic heterocycles. The first-order valence-corrected chi connectivity index (χ1v) is 3.39. The minimum Gasteiger partial charge on any atom is -0.317 e. The van der Waals surface area contributed by atoms with Crippen LogP contribution in [0.2, 0.25) is 0 Å². The van der Waals surface area contributed by atoms with Gasteiger partial charge < -0.3 is 5.32 Å². The van der Waals surface area contributed by atoms with Crippen molar-refractivity contribution in [2.75, 3.05) is 7.05 Å². The summed E-state index contributed by atoms with van der Waals surface area (Å²) in [6, 6.07) is 0.331. The van der Waals surface area contributed by atoms with E-state index >= 15 is 0 Å². The fourth-order valence-electron chi connectivity index (χ4n) is 0.588. The second-order valence-corrected chi connectivity index (χ2v) is 2.29. The normalized spacial score (nSPS) is 13.2. The van der Waals surface area contributed by atoms with E-state index in [1.807, 2.05) is 20.9 Å². The molecule has 0 aliphatic carbocycles. The molecule has 54 valence electrons. The molecule has 1 unspecified atom stereocenters. The topological polar surface area (TPSA) is 29.1 Å². The number of Topliss-reactive ketones (excluding diaryl/α,β-unsaturated/α-hetero) is 1. The van der Waals surface area contributed by atoms with Gasteiger partial charge in [-0.05, 0) is 14.0 Å². The van der Waals surface area contributed by atoms with Gasteiger partial charge in [0.2, 0.25) is 0 Å². The van der Waals surface area contributed by atoms with Crippen molar-refractivity contribution < 1.29 is 4.79 Å². The number of rotatable bonds is 4. The van der Waals surface area contributed by atoms with Gasteiger partial charge in [-0.15, -0.1) is 0 Å². The van der Waals surface area contributed by atoms with Crippen LogP contribution in [0.15, 0.2) is 0 Å². The van der Waals surface area contributed by atoms with Crippen LogP contribution >= 0.6 is 0 Å². The summed E-state index contributed by atoms with van der Waals surface area (Å²) < 4.78 is 0. The number of ketones is 1. The first-order valence-electron chi connectivity index (χ1n) is 3.39. The molecule has 0 heterocycles. The highest BCUT2D eigenvalue weighted by molar-refractivity contribution is 5.78. The lowest BCUT2D eigenvalue weighted by Crippen LogP contribution is -2.24. The molecule has 1 N–H and O–H groups in total. The van der Waals surface area contributed by atoms with E-state index in [1.165, 1.54) is 0 Å². The lowest BCUT2D eigenvalue weighted by atomic mass is 10.1. The van der Waals surface area contributed by atoms with Gasteiger partial charge in [0.1, 0.15) is 5.78 Å². The number of hydrogen-bond acceptors (Lipinski definition) is 2. The molecular weight excluding hydrogens is 114 g/mol. The summed E-state index contributed by atoms with van der Waals surface area (Å²) in [5, 5.41) is 3.01. The lowest BCUT2D eigenvalue weighted by molar-refractivity contribution is -0.119. The number of hydrogen-bond donors (Lipinski definition) is 1. The molecule has 0 aromatic heterocycles. The van der Waals surface area contributed by atoms with Crippen LogP contribution in [-0.2, 0) is 4.79 Å². The highest BCUT2D eigenvalue weighted by Crippen LogP contribution is 1.93. The zero-order valence-electron chi connectivity index (χ0n) is 6.40. The average Bonchev–Trinajstić information content (AvgIpc) is 1.87. The molecule has 0 spiro atoms. The van der Waals surface area contributed by atoms with Crippen LogP contribution in [0.3, 0.4) is 0 Å². The van der Waals surface area contributed by atoms with Crippen molar-refractivity contribution >= 4 is 5.78 Å². The molecule has 0 fully saturated rings. The zero-order chi connectivity index (χ0) is 7.28. The highest BCUT2D eigenvalue weighted by Gasteiger charge is 2.02. The predicted molar refractivity (Wildman–Crippen MR) is 38.4 cm³/mol. The van der Waals surface area contributed by atoms with Crippen molar-refractivity contribution in [3.8, 4) is 0 Å². The zero-order valence-corrected chi connectivity index (χ0v) is 6.40. The van der Waals surface area contributed by atoms with Crippen LogP contribution < -0.4 is 5.32 Å². The summed E-state index contributed by atoms with van der Waals surface area (Å²) in [5.74, 6) is 0.330. The van der Waals surface area contributed by atoms with E-state index in [4.69, 9.17) is 0 Å². The van der Waals surface area contributed by atoms with E-state index in [0.717, 1.165) is 0 Å². The van der Waals surface area contributed by atoms with Gasteiger partial charge in [-0.25, -0.2) is 0 Å². The van der Waals surface area contributed by atoms with Crippen molar-refractivity contribution in [2.45, 2.75) is 32.7 Å². The standard InChI is InChI=1S/C7H15NO/c1-4-7(9)5-6(2)8-3/h6,8H,4-5H2,1-3H3. The van der Waals surface area contributed by atoms with Crippen LogP contribution in [0.5, 0.6) is 0 Å². The Labute approximate surface area is 56.6 Å². The van der Waals surface area contributed by atoms with E-state index in [2.05, 4.69) is 5.32 Å².